The first-order valence-corrected chi connectivity index (χ1v) is 12.3. The Labute approximate surface area is 226 Å². The van der Waals surface area contributed by atoms with Gasteiger partial charge < -0.3 is 14.8 Å². The van der Waals surface area contributed by atoms with Crippen molar-refractivity contribution < 1.29 is 50.5 Å². The first kappa shape index (κ1) is 33.0. The molecular weight excluding hydrogens is 553 g/mol. The van der Waals surface area contributed by atoms with Crippen LogP contribution in [0.2, 0.25) is 0 Å². The lowest BCUT2D eigenvalue weighted by molar-refractivity contribution is -0.193. The number of carbonyl (C=O) groups is 2. The second-order valence-electron chi connectivity index (χ2n) is 9.74. The van der Waals surface area contributed by atoms with E-state index in [2.05, 4.69) is 26.4 Å². The summed E-state index contributed by atoms with van der Waals surface area (Å²) in [6.07, 6.45) is -1.11. The van der Waals surface area contributed by atoms with Crippen LogP contribution in [0.15, 0.2) is 36.7 Å². The van der Waals surface area contributed by atoms with Crippen LogP contribution in [0, 0.1) is 11.2 Å². The molecule has 0 radical (unpaired) electrons. The molecule has 2 saturated heterocycles. The van der Waals surface area contributed by atoms with Crippen molar-refractivity contribution in [3.63, 3.8) is 0 Å². The molecule has 0 atom stereocenters. The van der Waals surface area contributed by atoms with Crippen LogP contribution in [0.4, 0.5) is 30.7 Å². The molecular formula is C25H31F7N4O4. The first-order chi connectivity index (χ1) is 18.5. The molecule has 0 amide bonds. The number of carboxylic acid groups (broad SMARTS) is 2. The van der Waals surface area contributed by atoms with E-state index in [1.165, 1.54) is 44.8 Å². The number of alkyl halides is 6. The quantitative estimate of drug-likeness (QED) is 0.503. The number of aliphatic carboxylic acids is 2. The summed E-state index contributed by atoms with van der Waals surface area (Å²) in [7, 11) is 2.07. The Balaban J connectivity index is 0.000000333. The maximum atomic E-state index is 13.4. The fourth-order valence-corrected chi connectivity index (χ4v) is 4.51. The van der Waals surface area contributed by atoms with Crippen molar-refractivity contribution in [2.45, 2.75) is 51.1 Å². The number of likely N-dealkylation sites (tertiary alicyclic amines) is 2. The number of rotatable bonds is 4. The van der Waals surface area contributed by atoms with Gasteiger partial charge in [0.1, 0.15) is 11.6 Å². The zero-order valence-corrected chi connectivity index (χ0v) is 21.7. The van der Waals surface area contributed by atoms with Gasteiger partial charge in [0.15, 0.2) is 0 Å². The highest BCUT2D eigenvalue weighted by molar-refractivity contribution is 5.73. The Bertz CT molecular complexity index is 1080. The zero-order valence-electron chi connectivity index (χ0n) is 21.7. The number of hydrogen-bond donors (Lipinski definition) is 2. The predicted octanol–water partition coefficient (Wildman–Crippen LogP) is 4.70. The van der Waals surface area contributed by atoms with Gasteiger partial charge >= 0.3 is 24.3 Å². The minimum atomic E-state index is -5.08. The SMILES string of the molecule is Cn1ccnc1CN1CCC2(CCN(Cc3cccc(F)c3)CC2)CC1.O=C(O)C(F)(F)F.O=C(O)C(F)(F)F. The van der Waals surface area contributed by atoms with Gasteiger partial charge in [-0.25, -0.2) is 19.0 Å². The Morgan fingerprint density at radius 1 is 0.875 bits per heavy atom. The van der Waals surface area contributed by atoms with Crippen LogP contribution in [0.3, 0.4) is 0 Å². The van der Waals surface area contributed by atoms with Gasteiger partial charge in [-0.05, 0) is 75.0 Å². The molecule has 0 unspecified atom stereocenters. The second-order valence-corrected chi connectivity index (χ2v) is 9.74. The molecule has 0 bridgehead atoms. The molecule has 15 heteroatoms. The van der Waals surface area contributed by atoms with E-state index >= 15 is 0 Å². The maximum Gasteiger partial charge on any atom is 0.490 e. The molecule has 224 valence electrons. The second kappa shape index (κ2) is 13.9. The molecule has 1 spiro atoms. The summed E-state index contributed by atoms with van der Waals surface area (Å²) in [6, 6.07) is 7.03. The molecule has 2 aromatic rings. The number of aryl methyl sites for hydroxylation is 1. The summed E-state index contributed by atoms with van der Waals surface area (Å²) >= 11 is 0. The van der Waals surface area contributed by atoms with Gasteiger partial charge in [-0.15, -0.1) is 0 Å². The first-order valence-electron chi connectivity index (χ1n) is 12.3. The summed E-state index contributed by atoms with van der Waals surface area (Å²) in [5, 5.41) is 14.2. The Kier molecular flexibility index (Phi) is 11.5. The number of aromatic nitrogens is 2. The predicted molar refractivity (Wildman–Crippen MR) is 128 cm³/mol. The highest BCUT2D eigenvalue weighted by atomic mass is 19.4. The molecule has 2 N–H and O–H groups in total. The van der Waals surface area contributed by atoms with Crippen LogP contribution in [-0.2, 0) is 29.7 Å². The molecule has 0 saturated carbocycles. The third kappa shape index (κ3) is 10.8. The van der Waals surface area contributed by atoms with Crippen molar-refractivity contribution in [1.29, 1.82) is 0 Å². The Hall–Kier alpha value is -3.20. The number of nitrogens with zero attached hydrogens (tertiary/aromatic N) is 4. The van der Waals surface area contributed by atoms with Gasteiger partial charge in [-0.3, -0.25) is 9.80 Å². The fourth-order valence-electron chi connectivity index (χ4n) is 4.51. The fraction of sp³-hybridized carbons (Fsp3) is 0.560. The van der Waals surface area contributed by atoms with E-state index in [1.54, 1.807) is 6.07 Å². The van der Waals surface area contributed by atoms with Gasteiger partial charge in [0.25, 0.3) is 0 Å². The Morgan fingerprint density at radius 2 is 1.32 bits per heavy atom. The number of hydrogen-bond acceptors (Lipinski definition) is 5. The maximum absolute atomic E-state index is 13.4. The standard InChI is InChI=1S/C21H29FN4.2C2HF3O2/c1-24-14-9-23-20(24)17-26-12-7-21(8-13-26)5-10-25(11-6-21)16-18-3-2-4-19(22)15-18;2*3-2(4,5)1(6)7/h2-4,9,14-15H,5-8,10-13,16-17H2,1H3;2*(H,6,7). The summed E-state index contributed by atoms with van der Waals surface area (Å²) in [6.45, 7) is 6.46. The van der Waals surface area contributed by atoms with Crippen LogP contribution in [0.1, 0.15) is 37.1 Å². The van der Waals surface area contributed by atoms with E-state index in [9.17, 15) is 30.7 Å². The highest BCUT2D eigenvalue weighted by Crippen LogP contribution is 2.41. The van der Waals surface area contributed by atoms with Crippen LogP contribution >= 0.6 is 0 Å². The third-order valence-electron chi connectivity index (χ3n) is 6.90. The van der Waals surface area contributed by atoms with Crippen molar-refractivity contribution >= 4 is 11.9 Å². The molecule has 2 aliphatic heterocycles. The minimum absolute atomic E-state index is 0.129. The lowest BCUT2D eigenvalue weighted by atomic mass is 9.71. The molecule has 3 heterocycles. The summed E-state index contributed by atoms with van der Waals surface area (Å²) in [5.74, 6) is -4.48. The number of halogens is 7. The molecule has 40 heavy (non-hydrogen) atoms. The van der Waals surface area contributed by atoms with Gasteiger partial charge in [-0.1, -0.05) is 12.1 Å². The summed E-state index contributed by atoms with van der Waals surface area (Å²) < 4.78 is 79.0. The highest BCUT2D eigenvalue weighted by Gasteiger charge is 2.39. The normalized spacial score (nSPS) is 17.8. The van der Waals surface area contributed by atoms with E-state index < -0.39 is 24.3 Å². The molecule has 2 fully saturated rings. The van der Waals surface area contributed by atoms with E-state index in [1.807, 2.05) is 24.5 Å². The number of benzene rings is 1. The van der Waals surface area contributed by atoms with Gasteiger partial charge in [0.2, 0.25) is 0 Å². The third-order valence-corrected chi connectivity index (χ3v) is 6.90. The minimum Gasteiger partial charge on any atom is -0.475 e. The molecule has 8 nitrogen and oxygen atoms in total. The summed E-state index contributed by atoms with van der Waals surface area (Å²) in [4.78, 5) is 27.3. The van der Waals surface area contributed by atoms with Crippen LogP contribution in [0.25, 0.3) is 0 Å². The zero-order chi connectivity index (χ0) is 30.1. The smallest absolute Gasteiger partial charge is 0.475 e. The van der Waals surface area contributed by atoms with E-state index in [4.69, 9.17) is 19.8 Å². The average Bonchev–Trinajstić information content (AvgIpc) is 3.26. The van der Waals surface area contributed by atoms with E-state index in [0.717, 1.165) is 37.6 Å². The lowest BCUT2D eigenvalue weighted by Crippen LogP contribution is -2.46. The molecule has 4 rings (SSSR count). The molecule has 2 aliphatic rings. The van der Waals surface area contributed by atoms with Crippen molar-refractivity contribution in [2.75, 3.05) is 26.2 Å². The molecule has 0 aliphatic carbocycles. The summed E-state index contributed by atoms with van der Waals surface area (Å²) in [5.41, 5.74) is 1.61. The Morgan fingerprint density at radius 3 is 1.70 bits per heavy atom. The monoisotopic (exact) mass is 584 g/mol. The average molecular weight is 585 g/mol. The molecule has 1 aromatic heterocycles. The van der Waals surface area contributed by atoms with Crippen molar-refractivity contribution in [3.8, 4) is 0 Å². The van der Waals surface area contributed by atoms with Crippen LogP contribution < -0.4 is 0 Å². The van der Waals surface area contributed by atoms with Crippen LogP contribution in [0.5, 0.6) is 0 Å². The van der Waals surface area contributed by atoms with Gasteiger partial charge in [0, 0.05) is 26.0 Å². The largest absolute Gasteiger partial charge is 0.490 e. The number of piperidine rings is 2. The topological polar surface area (TPSA) is 98.9 Å². The van der Waals surface area contributed by atoms with Crippen molar-refractivity contribution in [1.82, 2.24) is 19.4 Å². The molecule has 1 aromatic carbocycles. The van der Waals surface area contributed by atoms with Gasteiger partial charge in [0.05, 0.1) is 6.54 Å². The van der Waals surface area contributed by atoms with Gasteiger partial charge in [-0.2, -0.15) is 26.3 Å². The van der Waals surface area contributed by atoms with Crippen LogP contribution in [-0.4, -0.2) is 80.0 Å². The lowest BCUT2D eigenvalue weighted by Gasteiger charge is -2.47. The van der Waals surface area contributed by atoms with E-state index in [0.29, 0.717) is 5.41 Å². The number of carboxylic acids is 2. The van der Waals surface area contributed by atoms with E-state index in [-0.39, 0.29) is 5.82 Å². The van der Waals surface area contributed by atoms with Crippen molar-refractivity contribution in [3.05, 3.63) is 53.9 Å². The number of imidazole rings is 1. The van der Waals surface area contributed by atoms with Crippen molar-refractivity contribution in [2.24, 2.45) is 12.5 Å².